The van der Waals surface area contributed by atoms with Crippen LogP contribution < -0.4 is 9.86 Å². The van der Waals surface area contributed by atoms with E-state index in [-0.39, 0.29) is 11.2 Å². The molecule has 0 atom stereocenters. The van der Waals surface area contributed by atoms with Gasteiger partial charge in [-0.3, -0.25) is 13.8 Å². The predicted molar refractivity (Wildman–Crippen MR) is 79.0 cm³/mol. The molecule has 0 amide bonds. The van der Waals surface area contributed by atoms with Crippen molar-refractivity contribution < 1.29 is 8.42 Å². The van der Waals surface area contributed by atoms with E-state index in [1.54, 1.807) is 30.8 Å². The topological polar surface area (TPSA) is 64.3 Å². The van der Waals surface area contributed by atoms with Crippen molar-refractivity contribution >= 4 is 15.7 Å². The third-order valence-corrected chi connectivity index (χ3v) is 4.51. The Kier molecular flexibility index (Phi) is 3.47. The van der Waals surface area contributed by atoms with E-state index in [0.717, 1.165) is 10.6 Å². The Labute approximate surface area is 117 Å². The van der Waals surface area contributed by atoms with Gasteiger partial charge in [-0.25, -0.2) is 13.1 Å². The lowest BCUT2D eigenvalue weighted by atomic mass is 10.3. The second-order valence-corrected chi connectivity index (χ2v) is 6.65. The van der Waals surface area contributed by atoms with Crippen molar-refractivity contribution in [3.05, 3.63) is 46.4 Å². The first-order valence-electron chi connectivity index (χ1n) is 6.03. The highest BCUT2D eigenvalue weighted by molar-refractivity contribution is 7.92. The summed E-state index contributed by atoms with van der Waals surface area (Å²) in [4.78, 5) is 12.5. The van der Waals surface area contributed by atoms with Gasteiger partial charge in [0.15, 0.2) is 0 Å². The van der Waals surface area contributed by atoms with Gasteiger partial charge in [-0.2, -0.15) is 0 Å². The van der Waals surface area contributed by atoms with Crippen molar-refractivity contribution in [2.75, 3.05) is 17.6 Å². The maximum absolute atomic E-state index is 12.5. The summed E-state index contributed by atoms with van der Waals surface area (Å²) in [6.45, 7) is 1.72. The minimum absolute atomic E-state index is 0.166. The van der Waals surface area contributed by atoms with Gasteiger partial charge in [-0.1, -0.05) is 18.2 Å². The molecule has 0 aliphatic rings. The van der Waals surface area contributed by atoms with Crippen LogP contribution in [0.3, 0.4) is 0 Å². The second kappa shape index (κ2) is 4.82. The first-order valence-corrected chi connectivity index (χ1v) is 7.88. The molecule has 0 spiro atoms. The van der Waals surface area contributed by atoms with Gasteiger partial charge in [0.2, 0.25) is 10.0 Å². The van der Waals surface area contributed by atoms with Gasteiger partial charge in [-0.15, -0.1) is 0 Å². The van der Waals surface area contributed by atoms with E-state index in [1.165, 1.54) is 11.7 Å². The molecule has 2 rings (SSSR count). The molecule has 0 saturated carbocycles. The van der Waals surface area contributed by atoms with Gasteiger partial charge in [0.1, 0.15) is 5.69 Å². The number of benzene rings is 1. The number of hydrogen-bond acceptors (Lipinski definition) is 3. The SMILES string of the molecule is Cc1c(N(C)S(C)(=O)=O)c(=O)n(-c2ccccc2)n1C. The number of para-hydroxylation sites is 1. The van der Waals surface area contributed by atoms with Gasteiger partial charge in [0.05, 0.1) is 17.6 Å². The van der Waals surface area contributed by atoms with Gasteiger partial charge < -0.3 is 0 Å². The highest BCUT2D eigenvalue weighted by Gasteiger charge is 2.23. The molecular formula is C13H17N3O3S. The molecule has 0 radical (unpaired) electrons. The number of sulfonamides is 1. The highest BCUT2D eigenvalue weighted by atomic mass is 32.2. The normalized spacial score (nSPS) is 11.6. The van der Waals surface area contributed by atoms with Crippen LogP contribution in [-0.4, -0.2) is 31.1 Å². The zero-order chi connectivity index (χ0) is 15.1. The molecule has 7 heteroatoms. The van der Waals surface area contributed by atoms with Crippen LogP contribution in [0.15, 0.2) is 35.1 Å². The first-order chi connectivity index (χ1) is 9.25. The summed E-state index contributed by atoms with van der Waals surface area (Å²) < 4.78 is 27.4. The van der Waals surface area contributed by atoms with Crippen LogP contribution in [0.4, 0.5) is 5.69 Å². The van der Waals surface area contributed by atoms with Crippen molar-refractivity contribution in [2.24, 2.45) is 7.05 Å². The molecule has 0 saturated heterocycles. The molecule has 1 aromatic carbocycles. The number of nitrogens with zero attached hydrogens (tertiary/aromatic N) is 3. The summed E-state index contributed by atoms with van der Waals surface area (Å²) in [5, 5.41) is 0. The number of anilines is 1. The van der Waals surface area contributed by atoms with Crippen molar-refractivity contribution in [3.63, 3.8) is 0 Å². The van der Waals surface area contributed by atoms with E-state index < -0.39 is 10.0 Å². The standard InChI is InChI=1S/C13H17N3O3S/c1-10-12(15(3)20(4,18)19)13(17)16(14(10)2)11-8-6-5-7-9-11/h5-9H,1-4H3. The largest absolute Gasteiger partial charge is 0.296 e. The molecule has 0 N–H and O–H groups in total. The second-order valence-electron chi connectivity index (χ2n) is 4.64. The Morgan fingerprint density at radius 1 is 1.15 bits per heavy atom. The molecule has 0 unspecified atom stereocenters. The Balaban J connectivity index is 2.74. The van der Waals surface area contributed by atoms with Crippen LogP contribution in [-0.2, 0) is 17.1 Å². The predicted octanol–water partition coefficient (Wildman–Crippen LogP) is 0.880. The molecular weight excluding hydrogens is 278 g/mol. The van der Waals surface area contributed by atoms with Crippen LogP contribution in [0.5, 0.6) is 0 Å². The van der Waals surface area contributed by atoms with Gasteiger partial charge in [0.25, 0.3) is 5.56 Å². The monoisotopic (exact) mass is 295 g/mol. The van der Waals surface area contributed by atoms with Crippen LogP contribution in [0.2, 0.25) is 0 Å². The molecule has 1 aromatic heterocycles. The fraction of sp³-hybridized carbons (Fsp3) is 0.308. The van der Waals surface area contributed by atoms with E-state index in [4.69, 9.17) is 0 Å². The molecule has 20 heavy (non-hydrogen) atoms. The molecule has 108 valence electrons. The minimum Gasteiger partial charge on any atom is -0.283 e. The first kappa shape index (κ1) is 14.4. The highest BCUT2D eigenvalue weighted by Crippen LogP contribution is 2.18. The summed E-state index contributed by atoms with van der Waals surface area (Å²) in [6.07, 6.45) is 1.08. The number of aromatic nitrogens is 2. The third kappa shape index (κ3) is 2.24. The van der Waals surface area contributed by atoms with Gasteiger partial charge in [-0.05, 0) is 19.1 Å². The maximum Gasteiger partial charge on any atom is 0.296 e. The summed E-state index contributed by atoms with van der Waals surface area (Å²) in [5.74, 6) is 0. The summed E-state index contributed by atoms with van der Waals surface area (Å²) in [5.41, 5.74) is 1.09. The Morgan fingerprint density at radius 2 is 1.70 bits per heavy atom. The van der Waals surface area contributed by atoms with E-state index >= 15 is 0 Å². The average Bonchev–Trinajstić information content (AvgIpc) is 2.60. The molecule has 0 fully saturated rings. The van der Waals surface area contributed by atoms with Crippen LogP contribution in [0.1, 0.15) is 5.69 Å². The van der Waals surface area contributed by atoms with Crippen LogP contribution in [0, 0.1) is 6.92 Å². The number of hydrogen-bond donors (Lipinski definition) is 0. The Bertz CT molecular complexity index is 788. The van der Waals surface area contributed by atoms with E-state index in [2.05, 4.69) is 0 Å². The van der Waals surface area contributed by atoms with Gasteiger partial charge >= 0.3 is 0 Å². The molecule has 6 nitrogen and oxygen atoms in total. The van der Waals surface area contributed by atoms with Crippen LogP contribution >= 0.6 is 0 Å². The summed E-state index contributed by atoms with van der Waals surface area (Å²) in [6, 6.07) is 9.10. The van der Waals surface area contributed by atoms with Crippen molar-refractivity contribution in [1.82, 2.24) is 9.36 Å². The van der Waals surface area contributed by atoms with E-state index in [1.807, 2.05) is 18.2 Å². The zero-order valence-corrected chi connectivity index (χ0v) is 12.7. The quantitative estimate of drug-likeness (QED) is 0.844. The Hall–Kier alpha value is -2.02. The van der Waals surface area contributed by atoms with E-state index in [9.17, 15) is 13.2 Å². The summed E-state index contributed by atoms with van der Waals surface area (Å²) in [7, 11) is -0.371. The molecule has 2 aromatic rings. The zero-order valence-electron chi connectivity index (χ0n) is 11.9. The number of rotatable bonds is 3. The van der Waals surface area contributed by atoms with Crippen LogP contribution in [0.25, 0.3) is 5.69 Å². The maximum atomic E-state index is 12.5. The molecule has 0 bridgehead atoms. The van der Waals surface area contributed by atoms with E-state index in [0.29, 0.717) is 11.4 Å². The smallest absolute Gasteiger partial charge is 0.283 e. The molecule has 0 aliphatic heterocycles. The molecule has 1 heterocycles. The average molecular weight is 295 g/mol. The minimum atomic E-state index is -3.48. The van der Waals surface area contributed by atoms with Gasteiger partial charge in [0, 0.05) is 14.1 Å². The summed E-state index contributed by atoms with van der Waals surface area (Å²) >= 11 is 0. The Morgan fingerprint density at radius 3 is 2.20 bits per heavy atom. The third-order valence-electron chi connectivity index (χ3n) is 3.34. The lowest BCUT2D eigenvalue weighted by Crippen LogP contribution is -2.30. The van der Waals surface area contributed by atoms with Crippen molar-refractivity contribution in [3.8, 4) is 5.69 Å². The fourth-order valence-electron chi connectivity index (χ4n) is 2.08. The fourth-order valence-corrected chi connectivity index (χ4v) is 2.62. The van der Waals surface area contributed by atoms with Crippen molar-refractivity contribution in [1.29, 1.82) is 0 Å². The molecule has 0 aliphatic carbocycles. The lowest BCUT2D eigenvalue weighted by Gasteiger charge is -2.14. The van der Waals surface area contributed by atoms with Crippen molar-refractivity contribution in [2.45, 2.75) is 6.92 Å². The lowest BCUT2D eigenvalue weighted by molar-refractivity contribution is 0.600.